The molecule has 0 amide bonds. The van der Waals surface area contributed by atoms with Gasteiger partial charge in [-0.1, -0.05) is 62.9 Å². The van der Waals surface area contributed by atoms with E-state index in [0.29, 0.717) is 6.54 Å². The molecular formula is C15H23NO. The summed E-state index contributed by atoms with van der Waals surface area (Å²) < 4.78 is 1.05. The molecule has 0 aliphatic carbocycles. The minimum Gasteiger partial charge on any atom is -0.624 e. The van der Waals surface area contributed by atoms with E-state index < -0.39 is 0 Å². The average Bonchev–Trinajstić information content (AvgIpc) is 2.35. The molecule has 1 rings (SSSR count). The predicted octanol–water partition coefficient (Wildman–Crippen LogP) is 4.13. The molecule has 0 radical (unpaired) electrons. The number of hydrogen-bond donors (Lipinski definition) is 0. The van der Waals surface area contributed by atoms with Gasteiger partial charge >= 0.3 is 0 Å². The van der Waals surface area contributed by atoms with Crippen LogP contribution in [0.4, 0.5) is 0 Å². The highest BCUT2D eigenvalue weighted by Crippen LogP contribution is 2.04. The van der Waals surface area contributed by atoms with Crippen LogP contribution in [-0.2, 0) is 6.54 Å². The topological polar surface area (TPSA) is 26.1 Å². The van der Waals surface area contributed by atoms with Crippen molar-refractivity contribution in [3.8, 4) is 0 Å². The van der Waals surface area contributed by atoms with Gasteiger partial charge in [-0.2, -0.15) is 0 Å². The van der Waals surface area contributed by atoms with Gasteiger partial charge in [-0.3, -0.25) is 0 Å². The molecule has 0 heterocycles. The molecule has 1 aromatic rings. The maximum atomic E-state index is 11.6. The molecule has 0 aromatic heterocycles. The van der Waals surface area contributed by atoms with Crippen LogP contribution in [0.15, 0.2) is 30.3 Å². The SMILES string of the molecule is CCCCCCCC=[N+]([O-])Cc1ccccc1. The minimum absolute atomic E-state index is 0.468. The highest BCUT2D eigenvalue weighted by molar-refractivity contribution is 5.51. The van der Waals surface area contributed by atoms with Gasteiger partial charge in [-0.05, 0) is 6.42 Å². The second-order valence-corrected chi connectivity index (χ2v) is 4.45. The largest absolute Gasteiger partial charge is 0.624 e. The van der Waals surface area contributed by atoms with Crippen molar-refractivity contribution in [2.75, 3.05) is 0 Å². The zero-order valence-electron chi connectivity index (χ0n) is 10.8. The van der Waals surface area contributed by atoms with Gasteiger partial charge in [0.25, 0.3) is 0 Å². The van der Waals surface area contributed by atoms with E-state index in [4.69, 9.17) is 0 Å². The van der Waals surface area contributed by atoms with Gasteiger partial charge in [0.05, 0.1) is 0 Å². The fourth-order valence-electron chi connectivity index (χ4n) is 1.81. The van der Waals surface area contributed by atoms with Crippen molar-refractivity contribution in [1.82, 2.24) is 0 Å². The Bertz CT molecular complexity index is 319. The van der Waals surface area contributed by atoms with Crippen LogP contribution < -0.4 is 0 Å². The molecule has 17 heavy (non-hydrogen) atoms. The van der Waals surface area contributed by atoms with Crippen molar-refractivity contribution >= 4 is 6.21 Å². The van der Waals surface area contributed by atoms with Crippen molar-refractivity contribution in [1.29, 1.82) is 0 Å². The third-order valence-corrected chi connectivity index (χ3v) is 2.82. The quantitative estimate of drug-likeness (QED) is 0.218. The molecule has 2 nitrogen and oxygen atoms in total. The van der Waals surface area contributed by atoms with E-state index in [1.807, 2.05) is 30.3 Å². The number of benzene rings is 1. The normalized spacial score (nSPS) is 11.7. The Hall–Kier alpha value is -1.31. The summed E-state index contributed by atoms with van der Waals surface area (Å²) in [6.07, 6.45) is 8.93. The van der Waals surface area contributed by atoms with Gasteiger partial charge in [0.2, 0.25) is 0 Å². The van der Waals surface area contributed by atoms with E-state index in [1.165, 1.54) is 25.7 Å². The van der Waals surface area contributed by atoms with Crippen LogP contribution in [-0.4, -0.2) is 11.0 Å². The van der Waals surface area contributed by atoms with Crippen molar-refractivity contribution in [2.45, 2.75) is 52.0 Å². The van der Waals surface area contributed by atoms with Crippen LogP contribution in [0.5, 0.6) is 0 Å². The van der Waals surface area contributed by atoms with Crippen LogP contribution in [0.1, 0.15) is 51.0 Å². The molecule has 0 aliphatic heterocycles. The molecule has 0 saturated heterocycles. The molecule has 0 spiro atoms. The van der Waals surface area contributed by atoms with Crippen molar-refractivity contribution in [3.05, 3.63) is 41.1 Å². The van der Waals surface area contributed by atoms with Crippen LogP contribution in [0.25, 0.3) is 0 Å². The minimum atomic E-state index is 0.468. The maximum Gasteiger partial charge on any atom is 0.178 e. The zero-order chi connectivity index (χ0) is 12.3. The first-order chi connectivity index (χ1) is 8.33. The van der Waals surface area contributed by atoms with Crippen molar-refractivity contribution < 1.29 is 4.74 Å². The lowest BCUT2D eigenvalue weighted by molar-refractivity contribution is -0.471. The number of rotatable bonds is 8. The summed E-state index contributed by atoms with van der Waals surface area (Å²) in [6.45, 7) is 2.68. The van der Waals surface area contributed by atoms with Crippen molar-refractivity contribution in [3.63, 3.8) is 0 Å². The first kappa shape index (κ1) is 13.8. The Morgan fingerprint density at radius 2 is 1.76 bits per heavy atom. The van der Waals surface area contributed by atoms with Crippen LogP contribution >= 0.6 is 0 Å². The molecule has 0 unspecified atom stereocenters. The smallest absolute Gasteiger partial charge is 0.178 e. The third-order valence-electron chi connectivity index (χ3n) is 2.82. The van der Waals surface area contributed by atoms with Gasteiger partial charge in [-0.25, -0.2) is 4.74 Å². The van der Waals surface area contributed by atoms with Gasteiger partial charge in [0.1, 0.15) is 0 Å². The Balaban J connectivity index is 2.17. The molecule has 1 aromatic carbocycles. The molecule has 94 valence electrons. The van der Waals surface area contributed by atoms with Crippen LogP contribution in [0, 0.1) is 5.21 Å². The fourth-order valence-corrected chi connectivity index (χ4v) is 1.81. The zero-order valence-corrected chi connectivity index (χ0v) is 10.8. The lowest BCUT2D eigenvalue weighted by atomic mass is 10.1. The Labute approximate surface area is 105 Å². The van der Waals surface area contributed by atoms with E-state index in [9.17, 15) is 5.21 Å². The highest BCUT2D eigenvalue weighted by atomic mass is 16.5. The summed E-state index contributed by atoms with van der Waals surface area (Å²) in [7, 11) is 0. The summed E-state index contributed by atoms with van der Waals surface area (Å²) in [5.41, 5.74) is 1.07. The van der Waals surface area contributed by atoms with E-state index in [-0.39, 0.29) is 0 Å². The number of hydroxylamine groups is 1. The van der Waals surface area contributed by atoms with Crippen molar-refractivity contribution in [2.24, 2.45) is 0 Å². The molecule has 0 saturated carbocycles. The second kappa shape index (κ2) is 8.80. The lowest BCUT2D eigenvalue weighted by Gasteiger charge is -2.04. The molecule has 0 N–H and O–H groups in total. The van der Waals surface area contributed by atoms with E-state index in [2.05, 4.69) is 6.92 Å². The first-order valence-corrected chi connectivity index (χ1v) is 6.64. The second-order valence-electron chi connectivity index (χ2n) is 4.45. The first-order valence-electron chi connectivity index (χ1n) is 6.64. The highest BCUT2D eigenvalue weighted by Gasteiger charge is 1.96. The summed E-state index contributed by atoms with van der Waals surface area (Å²) >= 11 is 0. The van der Waals surface area contributed by atoms with E-state index >= 15 is 0 Å². The van der Waals surface area contributed by atoms with Crippen LogP contribution in [0.2, 0.25) is 0 Å². The Morgan fingerprint density at radius 1 is 1.06 bits per heavy atom. The lowest BCUT2D eigenvalue weighted by Crippen LogP contribution is -2.04. The van der Waals surface area contributed by atoms with Gasteiger partial charge in [0.15, 0.2) is 12.8 Å². The summed E-state index contributed by atoms with van der Waals surface area (Å²) in [5.74, 6) is 0. The Morgan fingerprint density at radius 3 is 2.47 bits per heavy atom. The third kappa shape index (κ3) is 6.77. The van der Waals surface area contributed by atoms with Gasteiger partial charge in [-0.15, -0.1) is 0 Å². The van der Waals surface area contributed by atoms with Gasteiger partial charge in [0, 0.05) is 12.0 Å². The fraction of sp³-hybridized carbons (Fsp3) is 0.533. The van der Waals surface area contributed by atoms with Gasteiger partial charge < -0.3 is 5.21 Å². The number of unbranched alkanes of at least 4 members (excludes halogenated alkanes) is 5. The average molecular weight is 233 g/mol. The van der Waals surface area contributed by atoms with Crippen LogP contribution in [0.3, 0.4) is 0 Å². The summed E-state index contributed by atoms with van der Waals surface area (Å²) in [5, 5.41) is 11.6. The molecule has 2 heteroatoms. The summed E-state index contributed by atoms with van der Waals surface area (Å²) in [4.78, 5) is 0. The maximum absolute atomic E-state index is 11.6. The molecule has 0 fully saturated rings. The monoisotopic (exact) mass is 233 g/mol. The van der Waals surface area contributed by atoms with E-state index in [0.717, 1.165) is 23.1 Å². The molecule has 0 bridgehead atoms. The Kier molecular flexibility index (Phi) is 7.12. The molecule has 0 atom stereocenters. The van der Waals surface area contributed by atoms with E-state index in [1.54, 1.807) is 6.21 Å². The summed E-state index contributed by atoms with van der Waals surface area (Å²) in [6, 6.07) is 9.87. The standard InChI is InChI=1S/C15H23NO/c1-2-3-4-5-6-10-13-16(17)14-15-11-8-7-9-12-15/h7-9,11-13H,2-6,10,14H2,1H3. The molecular weight excluding hydrogens is 210 g/mol. The number of hydrogen-bond acceptors (Lipinski definition) is 1. The predicted molar refractivity (Wildman–Crippen MR) is 73.2 cm³/mol. The number of nitrogens with zero attached hydrogens (tertiary/aromatic N) is 1. The molecule has 0 aliphatic rings.